The lowest BCUT2D eigenvalue weighted by molar-refractivity contribution is 0.220. The summed E-state index contributed by atoms with van der Waals surface area (Å²) in [5.41, 5.74) is 1.70. The van der Waals surface area contributed by atoms with Crippen LogP contribution in [0.4, 0.5) is 0 Å². The molecule has 0 fully saturated rings. The Labute approximate surface area is 117 Å². The molecular weight excluding hydrogens is 264 g/mol. The lowest BCUT2D eigenvalue weighted by Crippen LogP contribution is -1.99. The molecule has 2 rings (SSSR count). The van der Waals surface area contributed by atoms with Gasteiger partial charge in [-0.1, -0.05) is 42.8 Å². The quantitative estimate of drug-likeness (QED) is 0.829. The van der Waals surface area contributed by atoms with Crippen LogP contribution in [0.3, 0.4) is 0 Å². The fourth-order valence-electron chi connectivity index (χ4n) is 1.78. The number of benzene rings is 2. The van der Waals surface area contributed by atoms with Crippen LogP contribution < -0.4 is 0 Å². The highest BCUT2D eigenvalue weighted by Gasteiger charge is 2.10. The fourth-order valence-corrected chi connectivity index (χ4v) is 2.64. The lowest BCUT2D eigenvalue weighted by atomic mass is 10.0. The van der Waals surface area contributed by atoms with Crippen molar-refractivity contribution in [1.82, 2.24) is 0 Å². The minimum atomic E-state index is -0.621. The Hall–Kier alpha value is -0.960. The summed E-state index contributed by atoms with van der Waals surface area (Å²) >= 11 is 7.72. The van der Waals surface area contributed by atoms with Gasteiger partial charge in [-0.2, -0.15) is 0 Å². The number of hydrogen-bond acceptors (Lipinski definition) is 2. The summed E-state index contributed by atoms with van der Waals surface area (Å²) in [4.78, 5) is 1.22. The molecule has 2 aromatic carbocycles. The Morgan fingerprint density at radius 3 is 2.44 bits per heavy atom. The molecule has 0 saturated heterocycles. The van der Waals surface area contributed by atoms with Crippen LogP contribution in [-0.4, -0.2) is 10.9 Å². The normalized spacial score (nSPS) is 12.4. The second-order valence-corrected chi connectivity index (χ2v) is 5.73. The summed E-state index contributed by atoms with van der Waals surface area (Å²) in [7, 11) is 0. The van der Waals surface area contributed by atoms with E-state index in [9.17, 15) is 5.11 Å². The van der Waals surface area contributed by atoms with Crippen LogP contribution in [0.15, 0.2) is 53.4 Å². The zero-order chi connectivity index (χ0) is 13.0. The Morgan fingerprint density at radius 2 is 1.83 bits per heavy atom. The largest absolute Gasteiger partial charge is 0.384 e. The van der Waals surface area contributed by atoms with E-state index in [1.54, 1.807) is 23.9 Å². The average molecular weight is 279 g/mol. The monoisotopic (exact) mass is 278 g/mol. The number of aliphatic hydroxyl groups excluding tert-OH is 1. The standard InChI is InChI=1S/C15H15ClOS/c1-2-18-14-8-6-11(7-9-14)15(17)12-4-3-5-13(16)10-12/h3-10,15,17H,2H2,1H3/t15-/m0/s1. The van der Waals surface area contributed by atoms with Gasteiger partial charge in [0.2, 0.25) is 0 Å². The average Bonchev–Trinajstić information content (AvgIpc) is 2.39. The molecule has 1 N–H and O–H groups in total. The van der Waals surface area contributed by atoms with Gasteiger partial charge >= 0.3 is 0 Å². The van der Waals surface area contributed by atoms with E-state index >= 15 is 0 Å². The molecule has 0 aliphatic heterocycles. The summed E-state index contributed by atoms with van der Waals surface area (Å²) in [5, 5.41) is 10.9. The van der Waals surface area contributed by atoms with Crippen molar-refractivity contribution < 1.29 is 5.11 Å². The van der Waals surface area contributed by atoms with E-state index in [0.29, 0.717) is 5.02 Å². The van der Waals surface area contributed by atoms with E-state index in [1.165, 1.54) is 4.90 Å². The first kappa shape index (κ1) is 13.5. The maximum atomic E-state index is 10.3. The van der Waals surface area contributed by atoms with Crippen molar-refractivity contribution in [2.45, 2.75) is 17.9 Å². The predicted octanol–water partition coefficient (Wildman–Crippen LogP) is 4.53. The SMILES string of the molecule is CCSc1ccc([C@H](O)c2cccc(Cl)c2)cc1. The van der Waals surface area contributed by atoms with E-state index in [4.69, 9.17) is 11.6 Å². The third kappa shape index (κ3) is 3.29. The number of halogens is 1. The lowest BCUT2D eigenvalue weighted by Gasteiger charge is -2.12. The third-order valence-corrected chi connectivity index (χ3v) is 3.80. The second-order valence-electron chi connectivity index (χ2n) is 3.96. The highest BCUT2D eigenvalue weighted by atomic mass is 35.5. The molecule has 94 valence electrons. The van der Waals surface area contributed by atoms with Crippen molar-refractivity contribution in [3.63, 3.8) is 0 Å². The van der Waals surface area contributed by atoms with Gasteiger partial charge in [0.1, 0.15) is 6.10 Å². The maximum Gasteiger partial charge on any atom is 0.104 e. The summed E-state index contributed by atoms with van der Waals surface area (Å²) in [6, 6.07) is 15.3. The van der Waals surface area contributed by atoms with Gasteiger partial charge in [-0.15, -0.1) is 11.8 Å². The van der Waals surface area contributed by atoms with Gasteiger partial charge in [0.15, 0.2) is 0 Å². The van der Waals surface area contributed by atoms with Crippen molar-refractivity contribution in [3.05, 3.63) is 64.7 Å². The van der Waals surface area contributed by atoms with Gasteiger partial charge in [0.25, 0.3) is 0 Å². The summed E-state index contributed by atoms with van der Waals surface area (Å²) < 4.78 is 0. The zero-order valence-electron chi connectivity index (χ0n) is 10.1. The third-order valence-electron chi connectivity index (χ3n) is 2.67. The van der Waals surface area contributed by atoms with E-state index in [0.717, 1.165) is 16.9 Å². The molecular formula is C15H15ClOS. The number of thioether (sulfide) groups is 1. The van der Waals surface area contributed by atoms with E-state index in [2.05, 4.69) is 6.92 Å². The Bertz CT molecular complexity index is 510. The molecule has 18 heavy (non-hydrogen) atoms. The molecule has 0 amide bonds. The molecule has 0 radical (unpaired) electrons. The second kappa shape index (κ2) is 6.28. The maximum absolute atomic E-state index is 10.3. The molecule has 2 aromatic rings. The fraction of sp³-hybridized carbons (Fsp3) is 0.200. The number of hydrogen-bond donors (Lipinski definition) is 1. The van der Waals surface area contributed by atoms with E-state index in [-0.39, 0.29) is 0 Å². The van der Waals surface area contributed by atoms with Crippen molar-refractivity contribution in [2.75, 3.05) is 5.75 Å². The van der Waals surface area contributed by atoms with Crippen LogP contribution in [0.2, 0.25) is 5.02 Å². The van der Waals surface area contributed by atoms with Crippen molar-refractivity contribution >= 4 is 23.4 Å². The van der Waals surface area contributed by atoms with Crippen LogP contribution in [-0.2, 0) is 0 Å². The first-order valence-corrected chi connectivity index (χ1v) is 7.23. The first-order chi connectivity index (χ1) is 8.70. The predicted molar refractivity (Wildman–Crippen MR) is 78.4 cm³/mol. The van der Waals surface area contributed by atoms with Crippen LogP contribution in [0.1, 0.15) is 24.2 Å². The molecule has 0 bridgehead atoms. The molecule has 0 spiro atoms. The molecule has 0 aromatic heterocycles. The Morgan fingerprint density at radius 1 is 1.11 bits per heavy atom. The van der Waals surface area contributed by atoms with Gasteiger partial charge in [-0.25, -0.2) is 0 Å². The highest BCUT2D eigenvalue weighted by Crippen LogP contribution is 2.26. The van der Waals surface area contributed by atoms with Gasteiger partial charge in [0, 0.05) is 9.92 Å². The van der Waals surface area contributed by atoms with Crippen molar-refractivity contribution in [2.24, 2.45) is 0 Å². The number of rotatable bonds is 4. The van der Waals surface area contributed by atoms with Gasteiger partial charge < -0.3 is 5.11 Å². The summed E-state index contributed by atoms with van der Waals surface area (Å²) in [5.74, 6) is 1.05. The molecule has 0 aliphatic carbocycles. The van der Waals surface area contributed by atoms with Crippen LogP contribution in [0.5, 0.6) is 0 Å². The molecule has 0 saturated carbocycles. The molecule has 1 nitrogen and oxygen atoms in total. The van der Waals surface area contributed by atoms with E-state index < -0.39 is 6.10 Å². The molecule has 3 heteroatoms. The summed E-state index contributed by atoms with van der Waals surface area (Å²) in [6.45, 7) is 2.12. The Kier molecular flexibility index (Phi) is 4.70. The van der Waals surface area contributed by atoms with Crippen LogP contribution in [0, 0.1) is 0 Å². The van der Waals surface area contributed by atoms with Crippen LogP contribution >= 0.6 is 23.4 Å². The topological polar surface area (TPSA) is 20.2 Å². The van der Waals surface area contributed by atoms with Crippen molar-refractivity contribution in [3.8, 4) is 0 Å². The molecule has 1 atom stereocenters. The highest BCUT2D eigenvalue weighted by molar-refractivity contribution is 7.99. The minimum Gasteiger partial charge on any atom is -0.384 e. The van der Waals surface area contributed by atoms with Gasteiger partial charge in [-0.3, -0.25) is 0 Å². The summed E-state index contributed by atoms with van der Waals surface area (Å²) in [6.07, 6.45) is -0.621. The van der Waals surface area contributed by atoms with Gasteiger partial charge in [-0.05, 0) is 41.1 Å². The first-order valence-electron chi connectivity index (χ1n) is 5.87. The van der Waals surface area contributed by atoms with Crippen LogP contribution in [0.25, 0.3) is 0 Å². The molecule has 0 aliphatic rings. The van der Waals surface area contributed by atoms with E-state index in [1.807, 2.05) is 36.4 Å². The smallest absolute Gasteiger partial charge is 0.104 e. The minimum absolute atomic E-state index is 0.621. The van der Waals surface area contributed by atoms with Gasteiger partial charge in [0.05, 0.1) is 0 Å². The molecule has 0 unspecified atom stereocenters. The Balaban J connectivity index is 2.20. The zero-order valence-corrected chi connectivity index (χ0v) is 11.7. The van der Waals surface area contributed by atoms with Crippen molar-refractivity contribution in [1.29, 1.82) is 0 Å². The number of aliphatic hydroxyl groups is 1. The molecule has 0 heterocycles.